The van der Waals surface area contributed by atoms with Gasteiger partial charge in [0.15, 0.2) is 17.3 Å². The van der Waals surface area contributed by atoms with Gasteiger partial charge in [-0.15, -0.1) is 23.2 Å². The van der Waals surface area contributed by atoms with Gasteiger partial charge in [0, 0.05) is 141 Å². The minimum Gasteiger partial charge on any atom is -0.445 e. The number of hydrogen-bond donors (Lipinski definition) is 9. The molecule has 26 nitrogen and oxygen atoms in total. The number of primary amides is 1. The minimum atomic E-state index is -4.99. The van der Waals surface area contributed by atoms with Crippen LogP contribution in [0.25, 0.3) is 21.8 Å². The fourth-order valence-electron chi connectivity index (χ4n) is 15.0. The van der Waals surface area contributed by atoms with Crippen LogP contribution in [0.1, 0.15) is 125 Å². The summed E-state index contributed by atoms with van der Waals surface area (Å²) in [5.74, 6) is -3.62. The number of H-pyrrole nitrogens is 2. The van der Waals surface area contributed by atoms with E-state index in [9.17, 15) is 52.7 Å². The number of phosphoric ester groups is 1. The average Bonchev–Trinajstić information content (AvgIpc) is 1.40. The van der Waals surface area contributed by atoms with Gasteiger partial charge in [0.05, 0.1) is 39.3 Å². The summed E-state index contributed by atoms with van der Waals surface area (Å²) in [6.07, 6.45) is 5.47. The number of unbranched alkanes of at least 4 members (excludes halogenated alkanes) is 1. The molecule has 11 N–H and O–H groups in total. The second-order valence-electron chi connectivity index (χ2n) is 26.8. The Hall–Kier alpha value is -7.74. The van der Waals surface area contributed by atoms with E-state index in [0.29, 0.717) is 90.5 Å². The number of nitrogens with zero attached hydrogens (tertiary/aromatic N) is 4. The molecular weight excluding hydrogens is 1290 g/mol. The number of anilines is 3. The number of ether oxygens (including phenoxy) is 2. The van der Waals surface area contributed by atoms with E-state index in [-0.39, 0.29) is 123 Å². The van der Waals surface area contributed by atoms with E-state index in [0.717, 1.165) is 27.6 Å². The highest BCUT2D eigenvalue weighted by Gasteiger charge is 3.01. The Balaban J connectivity index is 0.739. The lowest BCUT2D eigenvalue weighted by molar-refractivity contribution is -0.134. The first kappa shape index (κ1) is 70.1. The zero-order chi connectivity index (χ0) is 68.8. The molecule has 0 bridgehead atoms. The predicted molar refractivity (Wildman–Crippen MR) is 356 cm³/mol. The number of phosphoric acid groups is 1. The molecule has 0 saturated heterocycles. The van der Waals surface area contributed by atoms with Crippen molar-refractivity contribution >= 4 is 123 Å². The molecule has 4 heterocycles. The van der Waals surface area contributed by atoms with Gasteiger partial charge in [0.25, 0.3) is 0 Å². The summed E-state index contributed by atoms with van der Waals surface area (Å²) in [4.78, 5) is 154. The molecule has 8 unspecified atom stereocenters. The van der Waals surface area contributed by atoms with Crippen molar-refractivity contribution in [3.63, 3.8) is 0 Å². The van der Waals surface area contributed by atoms with Crippen LogP contribution in [0.15, 0.2) is 48.8 Å². The maximum Gasteiger partial charge on any atom is 0.524 e. The summed E-state index contributed by atoms with van der Waals surface area (Å²) in [5, 5.41) is 9.66. The van der Waals surface area contributed by atoms with Gasteiger partial charge in [0.2, 0.25) is 23.6 Å². The number of nitrogens with two attached hydrogens (primary N) is 2. The van der Waals surface area contributed by atoms with Crippen molar-refractivity contribution in [1.82, 2.24) is 30.4 Å². The van der Waals surface area contributed by atoms with Crippen molar-refractivity contribution in [3.05, 3.63) is 76.6 Å². The summed E-state index contributed by atoms with van der Waals surface area (Å²) in [7, 11) is -1.95. The smallest absolute Gasteiger partial charge is 0.445 e. The number of urea groups is 1. The normalized spacial score (nSPS) is 21.3. The number of aryl methyl sites for hydroxylation is 2. The maximum absolute atomic E-state index is 15.2. The fraction of sp³-hybridized carbons (Fsp3) is 0.530. The third-order valence-corrected chi connectivity index (χ3v) is 21.2. The van der Waals surface area contributed by atoms with Crippen molar-refractivity contribution in [2.75, 3.05) is 80.2 Å². The van der Waals surface area contributed by atoms with Crippen molar-refractivity contribution in [3.8, 4) is 11.5 Å². The molecule has 0 radical (unpaired) electrons. The number of aromatic nitrogens is 2. The highest BCUT2D eigenvalue weighted by atomic mass is 35.5. The van der Waals surface area contributed by atoms with Crippen LogP contribution in [0.3, 0.4) is 0 Å². The molecule has 512 valence electrons. The third kappa shape index (κ3) is 13.7. The van der Waals surface area contributed by atoms with E-state index in [1.807, 2.05) is 13.8 Å². The number of ketones is 2. The molecule has 5 aliphatic rings. The van der Waals surface area contributed by atoms with Crippen LogP contribution in [-0.4, -0.2) is 154 Å². The Bertz CT molecular complexity index is 3930. The first-order valence-corrected chi connectivity index (χ1v) is 34.7. The lowest BCUT2D eigenvalue weighted by Crippen LogP contribution is -2.49. The Morgan fingerprint density at radius 3 is 1.81 bits per heavy atom. The minimum absolute atomic E-state index is 0.0234. The highest BCUT2D eigenvalue weighted by molar-refractivity contribution is 7.46. The van der Waals surface area contributed by atoms with E-state index in [4.69, 9.17) is 48.7 Å². The van der Waals surface area contributed by atoms with Crippen molar-refractivity contribution in [2.24, 2.45) is 45.5 Å². The number of rotatable bonds is 30. The van der Waals surface area contributed by atoms with Gasteiger partial charge in [-0.2, -0.15) is 0 Å². The number of nitrogens with one attached hydrogen (secondary N) is 5. The first-order chi connectivity index (χ1) is 45.0. The molecule has 8 atom stereocenters. The lowest BCUT2D eigenvalue weighted by Gasteiger charge is -2.37. The van der Waals surface area contributed by atoms with E-state index in [2.05, 4.69) is 25.9 Å². The first-order valence-electron chi connectivity index (χ1n) is 32.1. The van der Waals surface area contributed by atoms with Crippen LogP contribution in [-0.2, 0) is 44.7 Å². The molecule has 1 spiro atoms. The standard InChI is InChI=1S/C66H84Cl2N11O15P/c1-35(2)54(75-58(83)40(21-38(5)80)11-8-9-17-69)47(81)22-41(12-10-18-71-61(70)86)57(82)74-44-15-13-39(14-16-44)31-92-62(87)76(6)19-20-77(7)63(88)93-48-23-45-52(50-36(3)27-72-55(48)50)42(25-67)29-78(45)59(84)64-32-65(34-66(64,65)33-64)60(85)79-30-43(26-68)53-46(79)24-49(94-95(89,90)91)56-51(53)37(4)28-73-56/h13-16,23-24,27-28,35,40-43,54,72-73H,8-12,17-22,25-26,29-34,69H2,1-7H3,(H,74,82)(H,75,83)(H3,70,71,86)(H2,89,90,91). The van der Waals surface area contributed by atoms with E-state index in [1.54, 1.807) is 66.4 Å². The molecule has 2 aromatic heterocycles. The number of benzene rings is 3. The Kier molecular flexibility index (Phi) is 20.5. The molecule has 8 amide bonds. The topological polar surface area (TPSA) is 372 Å². The number of Topliss-reactive ketones (excluding diaryl/α,β-unsaturated/α-hetero) is 2. The number of likely N-dealkylation sites (N-methyl/N-ethyl adjacent to an activating group) is 2. The van der Waals surface area contributed by atoms with Crippen LogP contribution >= 0.6 is 31.0 Å². The predicted octanol–water partition coefficient (Wildman–Crippen LogP) is 8.47. The molecule has 29 heteroatoms. The van der Waals surface area contributed by atoms with Crippen LogP contribution < -0.4 is 46.5 Å². The van der Waals surface area contributed by atoms with Gasteiger partial charge in [0.1, 0.15) is 12.4 Å². The number of aromatic amines is 2. The molecule has 5 aromatic rings. The zero-order valence-electron chi connectivity index (χ0n) is 54.4. The molecule has 2 aliphatic heterocycles. The quantitative estimate of drug-likeness (QED) is 0.0118. The van der Waals surface area contributed by atoms with Crippen molar-refractivity contribution in [1.29, 1.82) is 0 Å². The van der Waals surface area contributed by atoms with Gasteiger partial charge >= 0.3 is 26.0 Å². The fourth-order valence-corrected chi connectivity index (χ4v) is 15.9. The van der Waals surface area contributed by atoms with Gasteiger partial charge < -0.3 is 75.8 Å². The lowest BCUT2D eigenvalue weighted by atomic mass is 9.72. The molecule has 3 aliphatic carbocycles. The van der Waals surface area contributed by atoms with E-state index in [1.165, 1.54) is 36.9 Å². The Labute approximate surface area is 559 Å². The summed E-state index contributed by atoms with van der Waals surface area (Å²) < 4.78 is 29.0. The van der Waals surface area contributed by atoms with Gasteiger partial charge in [-0.25, -0.2) is 18.9 Å². The number of carbonyl (C=O) groups excluding carboxylic acids is 9. The second kappa shape index (κ2) is 27.8. The van der Waals surface area contributed by atoms with Crippen LogP contribution in [0, 0.1) is 47.8 Å². The number of alkyl halides is 2. The molecule has 3 saturated carbocycles. The zero-order valence-corrected chi connectivity index (χ0v) is 56.8. The Morgan fingerprint density at radius 2 is 1.29 bits per heavy atom. The number of fused-ring (bicyclic) bond motifs is 6. The van der Waals surface area contributed by atoms with Crippen molar-refractivity contribution in [2.45, 2.75) is 123 Å². The summed E-state index contributed by atoms with van der Waals surface area (Å²) >= 11 is 13.3. The van der Waals surface area contributed by atoms with Crippen LogP contribution in [0.4, 0.5) is 31.4 Å². The van der Waals surface area contributed by atoms with Gasteiger partial charge in [-0.1, -0.05) is 32.4 Å². The molecule has 95 heavy (non-hydrogen) atoms. The highest BCUT2D eigenvalue weighted by Crippen LogP contribution is 3.01. The van der Waals surface area contributed by atoms with Gasteiger partial charge in [-0.05, 0) is 118 Å². The van der Waals surface area contributed by atoms with Crippen molar-refractivity contribution < 1.29 is 71.5 Å². The van der Waals surface area contributed by atoms with Gasteiger partial charge in [-0.3, -0.25) is 33.8 Å². The van der Waals surface area contributed by atoms with Crippen LogP contribution in [0.2, 0.25) is 0 Å². The molecular formula is C66H84Cl2N11O15P. The third-order valence-electron chi connectivity index (χ3n) is 20.0. The number of hydrogen-bond acceptors (Lipinski definition) is 14. The second-order valence-corrected chi connectivity index (χ2v) is 28.6. The molecule has 10 rings (SSSR count). The Morgan fingerprint density at radius 1 is 0.758 bits per heavy atom. The monoisotopic (exact) mass is 1370 g/mol. The molecule has 3 aromatic carbocycles. The summed E-state index contributed by atoms with van der Waals surface area (Å²) in [6, 6.07) is 8.06. The SMILES string of the molecule is CC(=O)CC(CCCCN)C(=O)NC(C(=O)CC(CCCNC(N)=O)C(=O)Nc1ccc(COC(=O)N(C)CCN(C)C(=O)Oc2cc3c(c4c(C)c[nH]c24)C(CCl)CN3C(=O)C23CC4(C(=O)N5CC(CCl)c6c5cc(OP(=O)(O)O)c5[nH]cc(C)c65)CC24C3)cc1)C(C)C. The summed E-state index contributed by atoms with van der Waals surface area (Å²) in [5.41, 5.74) is 14.9. The molecule has 3 fully saturated rings. The van der Waals surface area contributed by atoms with E-state index >= 15 is 4.79 Å². The largest absolute Gasteiger partial charge is 0.524 e. The van der Waals surface area contributed by atoms with Crippen LogP contribution in [0.5, 0.6) is 11.5 Å². The number of amides is 8. The average molecular weight is 1370 g/mol. The van der Waals surface area contributed by atoms with E-state index < -0.39 is 72.0 Å². The number of carbonyl (C=O) groups is 9. The summed E-state index contributed by atoms with van der Waals surface area (Å²) in [6.45, 7) is 9.81. The number of halogens is 2. The maximum atomic E-state index is 15.2.